The number of sulfonamides is 1. The Balaban J connectivity index is 1.61. The van der Waals surface area contributed by atoms with E-state index >= 15 is 0 Å². The first-order chi connectivity index (χ1) is 18.8. The molecule has 7 nitrogen and oxygen atoms in total. The smallest absolute Gasteiger partial charge is 0.257 e. The summed E-state index contributed by atoms with van der Waals surface area (Å²) < 4.78 is 27.2. The molecule has 2 amide bonds. The Bertz CT molecular complexity index is 1580. The molecule has 8 heteroatoms. The van der Waals surface area contributed by atoms with Crippen molar-refractivity contribution in [2.75, 3.05) is 11.6 Å². The van der Waals surface area contributed by atoms with Gasteiger partial charge in [0.25, 0.3) is 5.91 Å². The standard InChI is InChI=1S/C31H31N3O4S/c1-39(37,38)33-29(35)19-16-25-21-34(30(22-10-4-2-5-11-22)23-12-6-3-7-13-23)28-18-17-26(20-27(25)28)32-31(36)24-14-8-9-15-24/h2-7,10-13,16-21,24,30H,8-9,14-15H2,1H3,(H,32,36)(H,33,35)/b19-16+. The normalized spacial score (nSPS) is 14.3. The molecule has 4 aromatic rings. The maximum absolute atomic E-state index is 12.8. The molecule has 0 bridgehead atoms. The molecule has 1 saturated carbocycles. The number of rotatable bonds is 8. The van der Waals surface area contributed by atoms with Crippen LogP contribution in [0.15, 0.2) is 91.1 Å². The molecule has 200 valence electrons. The van der Waals surface area contributed by atoms with Crippen molar-refractivity contribution in [1.29, 1.82) is 0 Å². The van der Waals surface area contributed by atoms with E-state index in [-0.39, 0.29) is 17.9 Å². The van der Waals surface area contributed by atoms with Gasteiger partial charge in [-0.3, -0.25) is 9.59 Å². The van der Waals surface area contributed by atoms with Gasteiger partial charge in [-0.1, -0.05) is 73.5 Å². The highest BCUT2D eigenvalue weighted by Crippen LogP contribution is 2.35. The number of fused-ring (bicyclic) bond motifs is 1. The maximum Gasteiger partial charge on any atom is 0.257 e. The van der Waals surface area contributed by atoms with Crippen molar-refractivity contribution in [3.05, 3.63) is 108 Å². The van der Waals surface area contributed by atoms with Crippen LogP contribution in [-0.2, 0) is 19.6 Å². The second-order valence-electron chi connectivity index (χ2n) is 9.99. The quantitative estimate of drug-likeness (QED) is 0.288. The molecule has 0 saturated heterocycles. The summed E-state index contributed by atoms with van der Waals surface area (Å²) in [6.07, 6.45) is 9.68. The topological polar surface area (TPSA) is 97.3 Å². The van der Waals surface area contributed by atoms with E-state index in [9.17, 15) is 18.0 Å². The Labute approximate surface area is 228 Å². The number of benzene rings is 3. The lowest BCUT2D eigenvalue weighted by atomic mass is 9.98. The number of carbonyl (C=O) groups is 2. The van der Waals surface area contributed by atoms with Gasteiger partial charge in [0.2, 0.25) is 15.9 Å². The molecule has 0 aliphatic heterocycles. The largest absolute Gasteiger partial charge is 0.335 e. The molecular weight excluding hydrogens is 510 g/mol. The number of hydrogen-bond acceptors (Lipinski definition) is 4. The van der Waals surface area contributed by atoms with E-state index < -0.39 is 15.9 Å². The number of nitrogens with zero attached hydrogens (tertiary/aromatic N) is 1. The number of aromatic nitrogens is 1. The van der Waals surface area contributed by atoms with Crippen LogP contribution in [0.3, 0.4) is 0 Å². The molecule has 0 spiro atoms. The molecule has 39 heavy (non-hydrogen) atoms. The first-order valence-electron chi connectivity index (χ1n) is 13.0. The summed E-state index contributed by atoms with van der Waals surface area (Å²) in [5.41, 5.74) is 4.50. The zero-order valence-electron chi connectivity index (χ0n) is 21.7. The average Bonchev–Trinajstić information content (AvgIpc) is 3.57. The molecule has 1 aromatic heterocycles. The average molecular weight is 542 g/mol. The maximum atomic E-state index is 12.8. The Kier molecular flexibility index (Phi) is 7.65. The van der Waals surface area contributed by atoms with E-state index in [1.165, 1.54) is 6.08 Å². The first kappa shape index (κ1) is 26.4. The summed E-state index contributed by atoms with van der Waals surface area (Å²) >= 11 is 0. The van der Waals surface area contributed by atoms with Gasteiger partial charge in [-0.05, 0) is 48.2 Å². The first-order valence-corrected chi connectivity index (χ1v) is 14.9. The van der Waals surface area contributed by atoms with Gasteiger partial charge < -0.3 is 9.88 Å². The van der Waals surface area contributed by atoms with Gasteiger partial charge in [-0.25, -0.2) is 13.1 Å². The van der Waals surface area contributed by atoms with Gasteiger partial charge in [0.1, 0.15) is 0 Å². The minimum absolute atomic E-state index is 0.0300. The monoisotopic (exact) mass is 541 g/mol. The fraction of sp³-hybridized carbons (Fsp3) is 0.226. The second kappa shape index (κ2) is 11.3. The van der Waals surface area contributed by atoms with Gasteiger partial charge in [0, 0.05) is 40.3 Å². The van der Waals surface area contributed by atoms with Gasteiger partial charge >= 0.3 is 0 Å². The Hall–Kier alpha value is -4.17. The molecule has 1 aliphatic carbocycles. The molecule has 5 rings (SSSR count). The van der Waals surface area contributed by atoms with Crippen molar-refractivity contribution >= 4 is 44.5 Å². The molecule has 2 N–H and O–H groups in total. The predicted molar refractivity (Wildman–Crippen MR) is 155 cm³/mol. The van der Waals surface area contributed by atoms with Crippen LogP contribution >= 0.6 is 0 Å². The highest BCUT2D eigenvalue weighted by molar-refractivity contribution is 7.89. The lowest BCUT2D eigenvalue weighted by molar-refractivity contribution is -0.119. The molecule has 0 atom stereocenters. The van der Waals surface area contributed by atoms with Gasteiger partial charge in [0.15, 0.2) is 0 Å². The molecule has 1 aliphatic rings. The summed E-state index contributed by atoms with van der Waals surface area (Å²) in [4.78, 5) is 25.1. The van der Waals surface area contributed by atoms with E-state index in [0.29, 0.717) is 5.69 Å². The summed E-state index contributed by atoms with van der Waals surface area (Å²) in [7, 11) is -3.68. The Morgan fingerprint density at radius 1 is 0.923 bits per heavy atom. The van der Waals surface area contributed by atoms with Crippen LogP contribution in [0, 0.1) is 5.92 Å². The molecule has 0 radical (unpaired) electrons. The minimum Gasteiger partial charge on any atom is -0.335 e. The summed E-state index contributed by atoms with van der Waals surface area (Å²) in [5, 5.41) is 3.90. The van der Waals surface area contributed by atoms with Crippen molar-refractivity contribution in [3.63, 3.8) is 0 Å². The van der Waals surface area contributed by atoms with Crippen molar-refractivity contribution in [1.82, 2.24) is 9.29 Å². The summed E-state index contributed by atoms with van der Waals surface area (Å²) in [6.45, 7) is 0. The van der Waals surface area contributed by atoms with Crippen LogP contribution in [0.1, 0.15) is 48.4 Å². The highest BCUT2D eigenvalue weighted by Gasteiger charge is 2.24. The van der Waals surface area contributed by atoms with E-state index in [1.807, 2.05) is 65.5 Å². The lowest BCUT2D eigenvalue weighted by Crippen LogP contribution is -2.27. The van der Waals surface area contributed by atoms with Gasteiger partial charge in [-0.2, -0.15) is 0 Å². The zero-order chi connectivity index (χ0) is 27.4. The van der Waals surface area contributed by atoms with Crippen LogP contribution in [-0.4, -0.2) is 31.1 Å². The molecule has 1 heterocycles. The van der Waals surface area contributed by atoms with Crippen LogP contribution in [0.2, 0.25) is 0 Å². The fourth-order valence-electron chi connectivity index (χ4n) is 5.30. The Morgan fingerprint density at radius 3 is 2.13 bits per heavy atom. The van der Waals surface area contributed by atoms with E-state index in [0.717, 1.165) is 59.5 Å². The van der Waals surface area contributed by atoms with Crippen LogP contribution in [0.25, 0.3) is 17.0 Å². The number of anilines is 1. The molecular formula is C31H31N3O4S. The second-order valence-corrected chi connectivity index (χ2v) is 11.7. The zero-order valence-corrected chi connectivity index (χ0v) is 22.5. The Morgan fingerprint density at radius 2 is 1.54 bits per heavy atom. The van der Waals surface area contributed by atoms with E-state index in [1.54, 1.807) is 6.08 Å². The number of hydrogen-bond donors (Lipinski definition) is 2. The fourth-order valence-corrected chi connectivity index (χ4v) is 5.74. The van der Waals surface area contributed by atoms with Crippen molar-refractivity contribution in [2.24, 2.45) is 5.92 Å². The minimum atomic E-state index is -3.68. The van der Waals surface area contributed by atoms with Gasteiger partial charge in [0.05, 0.1) is 12.3 Å². The van der Waals surface area contributed by atoms with Crippen LogP contribution in [0.5, 0.6) is 0 Å². The van der Waals surface area contributed by atoms with E-state index in [2.05, 4.69) is 34.1 Å². The number of nitrogens with one attached hydrogen (secondary N) is 2. The van der Waals surface area contributed by atoms with Crippen LogP contribution in [0.4, 0.5) is 5.69 Å². The summed E-state index contributed by atoms with van der Waals surface area (Å²) in [5.74, 6) is -0.668. The van der Waals surface area contributed by atoms with Crippen molar-refractivity contribution in [2.45, 2.75) is 31.7 Å². The number of amides is 2. The van der Waals surface area contributed by atoms with E-state index in [4.69, 9.17) is 0 Å². The SMILES string of the molecule is CS(=O)(=O)NC(=O)/C=C/c1cn(C(c2ccccc2)c2ccccc2)c2ccc(NC(=O)C3CCCC3)cc12. The lowest BCUT2D eigenvalue weighted by Gasteiger charge is -2.21. The predicted octanol–water partition coefficient (Wildman–Crippen LogP) is 5.50. The molecule has 0 unspecified atom stereocenters. The molecule has 1 fully saturated rings. The number of carbonyl (C=O) groups excluding carboxylic acids is 2. The third-order valence-corrected chi connectivity index (χ3v) is 7.64. The van der Waals surface area contributed by atoms with Crippen molar-refractivity contribution in [3.8, 4) is 0 Å². The van der Waals surface area contributed by atoms with Gasteiger partial charge in [-0.15, -0.1) is 0 Å². The molecule has 3 aromatic carbocycles. The van der Waals surface area contributed by atoms with Crippen molar-refractivity contribution < 1.29 is 18.0 Å². The summed E-state index contributed by atoms with van der Waals surface area (Å²) in [6, 6.07) is 25.9. The third kappa shape index (κ3) is 6.29. The van der Waals surface area contributed by atoms with Crippen LogP contribution < -0.4 is 10.0 Å². The third-order valence-electron chi connectivity index (χ3n) is 7.07. The highest BCUT2D eigenvalue weighted by atomic mass is 32.2.